The number of aromatic nitrogens is 2. The molecule has 0 fully saturated rings. The SMILES string of the molecule is Ic1ccc(-c2ccccc2N(c2ccccn2)c2ccccn2)cc1. The highest BCUT2D eigenvalue weighted by molar-refractivity contribution is 14.1. The van der Waals surface area contributed by atoms with E-state index < -0.39 is 0 Å². The van der Waals surface area contributed by atoms with Gasteiger partial charge in [0.25, 0.3) is 0 Å². The summed E-state index contributed by atoms with van der Waals surface area (Å²) in [5.74, 6) is 1.67. The van der Waals surface area contributed by atoms with Gasteiger partial charge in [0.2, 0.25) is 0 Å². The van der Waals surface area contributed by atoms with Gasteiger partial charge in [-0.25, -0.2) is 9.97 Å². The average Bonchev–Trinajstić information content (AvgIpc) is 2.71. The highest BCUT2D eigenvalue weighted by atomic mass is 127. The van der Waals surface area contributed by atoms with Gasteiger partial charge in [0, 0.05) is 21.5 Å². The van der Waals surface area contributed by atoms with Gasteiger partial charge >= 0.3 is 0 Å². The van der Waals surface area contributed by atoms with Crippen LogP contribution in [0, 0.1) is 3.57 Å². The first kappa shape index (κ1) is 16.7. The molecule has 0 N–H and O–H groups in total. The van der Waals surface area contributed by atoms with Crippen molar-refractivity contribution in [2.45, 2.75) is 0 Å². The van der Waals surface area contributed by atoms with E-state index in [-0.39, 0.29) is 0 Å². The van der Waals surface area contributed by atoms with Crippen molar-refractivity contribution in [1.82, 2.24) is 9.97 Å². The number of halogens is 1. The van der Waals surface area contributed by atoms with Gasteiger partial charge in [-0.3, -0.25) is 4.90 Å². The van der Waals surface area contributed by atoms with Crippen LogP contribution in [-0.2, 0) is 0 Å². The number of nitrogens with zero attached hydrogens (tertiary/aromatic N) is 3. The number of benzene rings is 2. The fourth-order valence-corrected chi connectivity index (χ4v) is 3.24. The van der Waals surface area contributed by atoms with Gasteiger partial charge in [0.05, 0.1) is 5.69 Å². The van der Waals surface area contributed by atoms with E-state index in [2.05, 4.69) is 79.9 Å². The number of hydrogen-bond donors (Lipinski definition) is 0. The fraction of sp³-hybridized carbons (Fsp3) is 0. The highest BCUT2D eigenvalue weighted by Crippen LogP contribution is 2.38. The van der Waals surface area contributed by atoms with Crippen molar-refractivity contribution in [2.75, 3.05) is 4.90 Å². The molecule has 0 amide bonds. The van der Waals surface area contributed by atoms with Crippen molar-refractivity contribution in [3.05, 3.63) is 101 Å². The number of hydrogen-bond acceptors (Lipinski definition) is 3. The molecule has 0 atom stereocenters. The molecule has 0 spiro atoms. The molecular weight excluding hydrogens is 433 g/mol. The van der Waals surface area contributed by atoms with Crippen molar-refractivity contribution in [3.8, 4) is 11.1 Å². The van der Waals surface area contributed by atoms with Gasteiger partial charge in [0.15, 0.2) is 0 Å². The smallest absolute Gasteiger partial charge is 0.138 e. The Hall–Kier alpha value is -2.73. The van der Waals surface area contributed by atoms with Crippen LogP contribution in [0.1, 0.15) is 0 Å². The van der Waals surface area contributed by atoms with Crippen LogP contribution in [0.15, 0.2) is 97.3 Å². The third-order valence-electron chi connectivity index (χ3n) is 4.06. The molecule has 0 saturated heterocycles. The maximum absolute atomic E-state index is 4.57. The van der Waals surface area contributed by atoms with Crippen LogP contribution in [-0.4, -0.2) is 9.97 Å². The molecule has 2 aromatic carbocycles. The number of anilines is 3. The number of para-hydroxylation sites is 1. The van der Waals surface area contributed by atoms with Crippen LogP contribution in [0.2, 0.25) is 0 Å². The molecule has 0 saturated carbocycles. The van der Waals surface area contributed by atoms with E-state index in [9.17, 15) is 0 Å². The Balaban J connectivity index is 1.91. The predicted molar refractivity (Wildman–Crippen MR) is 115 cm³/mol. The van der Waals surface area contributed by atoms with Crippen molar-refractivity contribution in [3.63, 3.8) is 0 Å². The lowest BCUT2D eigenvalue weighted by Gasteiger charge is -2.25. The second kappa shape index (κ2) is 7.66. The minimum atomic E-state index is 0.837. The lowest BCUT2D eigenvalue weighted by atomic mass is 10.0. The van der Waals surface area contributed by atoms with E-state index in [4.69, 9.17) is 0 Å². The fourth-order valence-electron chi connectivity index (χ4n) is 2.88. The Morgan fingerprint density at radius 1 is 0.615 bits per heavy atom. The van der Waals surface area contributed by atoms with Crippen molar-refractivity contribution in [1.29, 1.82) is 0 Å². The second-order valence-corrected chi connectivity index (χ2v) is 6.98. The second-order valence-electron chi connectivity index (χ2n) is 5.74. The summed E-state index contributed by atoms with van der Waals surface area (Å²) in [5.41, 5.74) is 3.35. The first-order chi connectivity index (χ1) is 12.8. The molecule has 0 aliphatic heterocycles. The number of pyridine rings is 2. The van der Waals surface area contributed by atoms with Crippen molar-refractivity contribution in [2.24, 2.45) is 0 Å². The predicted octanol–water partition coefficient (Wildman–Crippen LogP) is 6.22. The quantitative estimate of drug-likeness (QED) is 0.347. The normalized spacial score (nSPS) is 10.5. The molecule has 3 nitrogen and oxygen atoms in total. The number of rotatable bonds is 4. The third kappa shape index (κ3) is 3.46. The summed E-state index contributed by atoms with van der Waals surface area (Å²) in [7, 11) is 0. The lowest BCUT2D eigenvalue weighted by Crippen LogP contribution is -2.13. The van der Waals surface area contributed by atoms with E-state index in [0.29, 0.717) is 0 Å². The Kier molecular flexibility index (Phi) is 4.93. The maximum Gasteiger partial charge on any atom is 0.138 e. The van der Waals surface area contributed by atoms with Crippen molar-refractivity contribution < 1.29 is 0 Å². The summed E-state index contributed by atoms with van der Waals surface area (Å²) >= 11 is 2.33. The van der Waals surface area contributed by atoms with E-state index in [1.165, 1.54) is 3.57 Å². The Morgan fingerprint density at radius 3 is 1.77 bits per heavy atom. The Bertz CT molecular complexity index is 947. The molecule has 0 unspecified atom stereocenters. The average molecular weight is 449 g/mol. The summed E-state index contributed by atoms with van der Waals surface area (Å²) in [6.07, 6.45) is 3.61. The molecule has 4 rings (SSSR count). The molecule has 0 aliphatic rings. The molecule has 2 heterocycles. The van der Waals surface area contributed by atoms with E-state index >= 15 is 0 Å². The summed E-state index contributed by atoms with van der Waals surface area (Å²) in [4.78, 5) is 11.2. The molecule has 0 bridgehead atoms. The van der Waals surface area contributed by atoms with E-state index in [1.807, 2.05) is 42.5 Å². The van der Waals surface area contributed by atoms with Crippen LogP contribution in [0.25, 0.3) is 11.1 Å². The minimum absolute atomic E-state index is 0.837. The molecular formula is C22H16IN3. The van der Waals surface area contributed by atoms with E-state index in [1.54, 1.807) is 12.4 Å². The molecule has 2 aromatic heterocycles. The Labute approximate surface area is 166 Å². The van der Waals surface area contributed by atoms with Crippen LogP contribution in [0.5, 0.6) is 0 Å². The minimum Gasteiger partial charge on any atom is -0.278 e. The van der Waals surface area contributed by atoms with Gasteiger partial charge in [-0.15, -0.1) is 0 Å². The van der Waals surface area contributed by atoms with Crippen LogP contribution in [0.3, 0.4) is 0 Å². The largest absolute Gasteiger partial charge is 0.278 e. The lowest BCUT2D eigenvalue weighted by molar-refractivity contribution is 1.13. The van der Waals surface area contributed by atoms with Gasteiger partial charge < -0.3 is 0 Å². The zero-order valence-electron chi connectivity index (χ0n) is 14.0. The maximum atomic E-state index is 4.57. The molecule has 4 heteroatoms. The van der Waals surface area contributed by atoms with Crippen LogP contribution < -0.4 is 4.90 Å². The Morgan fingerprint density at radius 2 is 1.19 bits per heavy atom. The topological polar surface area (TPSA) is 29.0 Å². The third-order valence-corrected chi connectivity index (χ3v) is 4.78. The van der Waals surface area contributed by atoms with Gasteiger partial charge in [0.1, 0.15) is 11.6 Å². The summed E-state index contributed by atoms with van der Waals surface area (Å²) in [6.45, 7) is 0. The molecule has 126 valence electrons. The molecule has 0 aliphatic carbocycles. The summed E-state index contributed by atoms with van der Waals surface area (Å²) in [6, 6.07) is 28.7. The van der Waals surface area contributed by atoms with E-state index in [0.717, 1.165) is 28.5 Å². The summed E-state index contributed by atoms with van der Waals surface area (Å²) < 4.78 is 1.22. The zero-order chi connectivity index (χ0) is 17.8. The summed E-state index contributed by atoms with van der Waals surface area (Å²) in [5, 5.41) is 0. The first-order valence-corrected chi connectivity index (χ1v) is 9.38. The van der Waals surface area contributed by atoms with Crippen LogP contribution >= 0.6 is 22.6 Å². The molecule has 4 aromatic rings. The van der Waals surface area contributed by atoms with Gasteiger partial charge in [-0.1, -0.05) is 42.5 Å². The highest BCUT2D eigenvalue weighted by Gasteiger charge is 2.18. The van der Waals surface area contributed by atoms with Crippen molar-refractivity contribution >= 4 is 39.9 Å². The molecule has 26 heavy (non-hydrogen) atoms. The monoisotopic (exact) mass is 449 g/mol. The zero-order valence-corrected chi connectivity index (χ0v) is 16.1. The standard InChI is InChI=1S/C22H16IN3/c23-18-13-11-17(12-14-18)19-7-1-2-8-20(19)26(21-9-3-5-15-24-21)22-10-4-6-16-25-22/h1-16H. The van der Waals surface area contributed by atoms with Gasteiger partial charge in [-0.05, 0) is 70.6 Å². The van der Waals surface area contributed by atoms with Crippen LogP contribution in [0.4, 0.5) is 17.3 Å². The first-order valence-electron chi connectivity index (χ1n) is 8.30. The van der Waals surface area contributed by atoms with Gasteiger partial charge in [-0.2, -0.15) is 0 Å². The molecule has 0 radical (unpaired) electrons.